The van der Waals surface area contributed by atoms with Gasteiger partial charge in [-0.25, -0.2) is 0 Å². The maximum atomic E-state index is 14.0. The van der Waals surface area contributed by atoms with Crippen molar-refractivity contribution in [2.75, 3.05) is 13.7 Å². The van der Waals surface area contributed by atoms with Crippen molar-refractivity contribution in [2.45, 2.75) is 64.5 Å². The summed E-state index contributed by atoms with van der Waals surface area (Å²) in [7, 11) is 3.39. The lowest BCUT2D eigenvalue weighted by Crippen LogP contribution is -2.60. The normalized spacial score (nSPS) is 23.9. The number of amides is 1. The molecule has 0 spiro atoms. The van der Waals surface area contributed by atoms with Gasteiger partial charge in [0.05, 0.1) is 31.5 Å². The lowest BCUT2D eigenvalue weighted by atomic mass is 9.56. The molecule has 9 heteroatoms. The fraction of sp³-hybridized carbons (Fsp3) is 0.519. The van der Waals surface area contributed by atoms with Crippen LogP contribution in [0.4, 0.5) is 0 Å². The molecule has 0 radical (unpaired) electrons. The summed E-state index contributed by atoms with van der Waals surface area (Å²) in [5.41, 5.74) is 5.21. The lowest BCUT2D eigenvalue weighted by molar-refractivity contribution is 0.00180. The molecular formula is C27H31N7O2. The van der Waals surface area contributed by atoms with Crippen LogP contribution >= 0.6 is 0 Å². The third-order valence-corrected chi connectivity index (χ3v) is 8.76. The van der Waals surface area contributed by atoms with E-state index in [4.69, 9.17) is 4.74 Å². The quantitative estimate of drug-likeness (QED) is 0.545. The highest BCUT2D eigenvalue weighted by atomic mass is 16.5. The van der Waals surface area contributed by atoms with Gasteiger partial charge in [0.25, 0.3) is 5.91 Å². The zero-order valence-electron chi connectivity index (χ0n) is 21.3. The number of tetrazole rings is 1. The zero-order valence-corrected chi connectivity index (χ0v) is 21.3. The minimum atomic E-state index is -0.676. The molecule has 36 heavy (non-hydrogen) atoms. The van der Waals surface area contributed by atoms with Gasteiger partial charge >= 0.3 is 0 Å². The minimum absolute atomic E-state index is 0.0173. The molecular weight excluding hydrogens is 454 g/mol. The number of likely N-dealkylation sites (tertiary alicyclic amines) is 1. The van der Waals surface area contributed by atoms with E-state index in [9.17, 15) is 10.1 Å². The van der Waals surface area contributed by atoms with Gasteiger partial charge in [0, 0.05) is 24.1 Å². The molecule has 3 aliphatic rings. The Hall–Kier alpha value is -3.67. The Labute approximate surface area is 210 Å². The first-order valence-corrected chi connectivity index (χ1v) is 12.8. The minimum Gasteiger partial charge on any atom is -0.496 e. The van der Waals surface area contributed by atoms with E-state index in [1.165, 1.54) is 10.4 Å². The summed E-state index contributed by atoms with van der Waals surface area (Å²) in [5.74, 6) is 1.20. The second-order valence-corrected chi connectivity index (χ2v) is 10.6. The molecule has 3 aromatic rings. The van der Waals surface area contributed by atoms with Gasteiger partial charge < -0.3 is 14.2 Å². The zero-order chi connectivity index (χ0) is 25.2. The number of aromatic nitrogens is 5. The van der Waals surface area contributed by atoms with E-state index >= 15 is 0 Å². The molecule has 2 atom stereocenters. The Kier molecular flexibility index (Phi) is 5.01. The molecule has 0 N–H and O–H groups in total. The number of rotatable bonds is 5. The third kappa shape index (κ3) is 2.93. The molecule has 1 saturated heterocycles. The number of aryl methyl sites for hydroxylation is 3. The number of benzene rings is 1. The standard InChI is InChI=1S/C27H31N7O2/c1-5-6-18-13-21(25(35)34-12-10-26(2)8-9-27(26,34)16-28)33-11-7-17-14-22(36-4)20(15-19(17)23(18)33)24-29-31-32(3)30-24/h13-15H,5-12H2,1-4H3/t26-,27+/m0/s1. The van der Waals surface area contributed by atoms with Gasteiger partial charge in [-0.3, -0.25) is 4.79 Å². The number of fused-ring (bicyclic) bond motifs is 4. The van der Waals surface area contributed by atoms with E-state index in [0.29, 0.717) is 30.4 Å². The second kappa shape index (κ2) is 7.92. The summed E-state index contributed by atoms with van der Waals surface area (Å²) >= 11 is 0. The summed E-state index contributed by atoms with van der Waals surface area (Å²) in [5, 5.41) is 22.8. The van der Waals surface area contributed by atoms with Gasteiger partial charge in [-0.05, 0) is 66.6 Å². The van der Waals surface area contributed by atoms with Crippen molar-refractivity contribution < 1.29 is 9.53 Å². The van der Waals surface area contributed by atoms with Crippen LogP contribution in [-0.2, 0) is 26.4 Å². The molecule has 0 unspecified atom stereocenters. The van der Waals surface area contributed by atoms with Gasteiger partial charge in [0.2, 0.25) is 5.82 Å². The molecule has 0 bridgehead atoms. The first kappa shape index (κ1) is 22.8. The van der Waals surface area contributed by atoms with Crippen LogP contribution in [0.5, 0.6) is 5.75 Å². The Bertz CT molecular complexity index is 1430. The molecule has 1 aliphatic carbocycles. The van der Waals surface area contributed by atoms with Crippen molar-refractivity contribution in [3.8, 4) is 34.5 Å². The van der Waals surface area contributed by atoms with Crippen molar-refractivity contribution in [3.63, 3.8) is 0 Å². The highest BCUT2D eigenvalue weighted by molar-refractivity contribution is 5.96. The molecule has 6 rings (SSSR count). The number of methoxy groups -OCH3 is 1. The van der Waals surface area contributed by atoms with Crippen LogP contribution in [0, 0.1) is 16.7 Å². The Balaban J connectivity index is 1.49. The predicted octanol–water partition coefficient (Wildman–Crippen LogP) is 3.77. The molecule has 186 valence electrons. The van der Waals surface area contributed by atoms with Crippen LogP contribution in [0.3, 0.4) is 0 Å². The van der Waals surface area contributed by atoms with Crippen LogP contribution in [0.15, 0.2) is 18.2 Å². The molecule has 2 aliphatic heterocycles. The van der Waals surface area contributed by atoms with Crippen LogP contribution in [0.1, 0.15) is 61.1 Å². The Morgan fingerprint density at radius 3 is 2.67 bits per heavy atom. The number of ether oxygens (including phenoxy) is 1. The maximum absolute atomic E-state index is 14.0. The van der Waals surface area contributed by atoms with Crippen LogP contribution in [-0.4, -0.2) is 54.8 Å². The number of hydrogen-bond donors (Lipinski definition) is 0. The average molecular weight is 486 g/mol. The van der Waals surface area contributed by atoms with Crippen molar-refractivity contribution in [2.24, 2.45) is 12.5 Å². The number of carbonyl (C=O) groups is 1. The van der Waals surface area contributed by atoms with Crippen LogP contribution in [0.25, 0.3) is 22.6 Å². The second-order valence-electron chi connectivity index (χ2n) is 10.6. The summed E-state index contributed by atoms with van der Waals surface area (Å²) in [6, 6.07) is 8.77. The monoisotopic (exact) mass is 485 g/mol. The van der Waals surface area contributed by atoms with E-state index in [0.717, 1.165) is 60.9 Å². The molecule has 9 nitrogen and oxygen atoms in total. The van der Waals surface area contributed by atoms with Crippen LogP contribution < -0.4 is 4.74 Å². The average Bonchev–Trinajstić information content (AvgIpc) is 3.53. The fourth-order valence-corrected chi connectivity index (χ4v) is 6.60. The van der Waals surface area contributed by atoms with Gasteiger partial charge in [-0.1, -0.05) is 20.3 Å². The van der Waals surface area contributed by atoms with E-state index in [1.54, 1.807) is 14.2 Å². The highest BCUT2D eigenvalue weighted by Crippen LogP contribution is 2.60. The largest absolute Gasteiger partial charge is 0.496 e. The van der Waals surface area contributed by atoms with Crippen molar-refractivity contribution in [1.82, 2.24) is 29.7 Å². The smallest absolute Gasteiger partial charge is 0.271 e. The van der Waals surface area contributed by atoms with Crippen molar-refractivity contribution in [1.29, 1.82) is 5.26 Å². The first-order valence-electron chi connectivity index (χ1n) is 12.8. The number of carbonyl (C=O) groups excluding carboxylic acids is 1. The van der Waals surface area contributed by atoms with Crippen molar-refractivity contribution >= 4 is 5.91 Å². The lowest BCUT2D eigenvalue weighted by Gasteiger charge is -2.51. The van der Waals surface area contributed by atoms with Gasteiger partial charge in [0.1, 0.15) is 17.0 Å². The molecule has 2 aromatic heterocycles. The summed E-state index contributed by atoms with van der Waals surface area (Å²) in [6.07, 6.45) is 5.28. The molecule has 1 aromatic carbocycles. The van der Waals surface area contributed by atoms with E-state index in [2.05, 4.69) is 58.1 Å². The molecule has 1 saturated carbocycles. The molecule has 4 heterocycles. The summed E-state index contributed by atoms with van der Waals surface area (Å²) in [6.45, 7) is 5.67. The number of nitriles is 1. The van der Waals surface area contributed by atoms with Crippen molar-refractivity contribution in [3.05, 3.63) is 35.0 Å². The molecule has 2 fully saturated rings. The topological polar surface area (TPSA) is 102 Å². The van der Waals surface area contributed by atoms with E-state index in [-0.39, 0.29) is 11.3 Å². The SMILES string of the molecule is CCCc1cc(C(=O)N2CC[C@]3(C)CC[C@]23C#N)n2c1-c1cc(-c3nnn(C)n3)c(OC)cc1CC2. The Morgan fingerprint density at radius 2 is 2.03 bits per heavy atom. The first-order chi connectivity index (χ1) is 17.4. The predicted molar refractivity (Wildman–Crippen MR) is 133 cm³/mol. The number of nitrogens with zero attached hydrogens (tertiary/aromatic N) is 7. The molecule has 1 amide bonds. The summed E-state index contributed by atoms with van der Waals surface area (Å²) < 4.78 is 7.87. The Morgan fingerprint density at radius 1 is 1.19 bits per heavy atom. The maximum Gasteiger partial charge on any atom is 0.271 e. The number of hydrogen-bond acceptors (Lipinski definition) is 6. The van der Waals surface area contributed by atoms with Gasteiger partial charge in [-0.15, -0.1) is 10.2 Å². The van der Waals surface area contributed by atoms with E-state index < -0.39 is 5.54 Å². The fourth-order valence-electron chi connectivity index (χ4n) is 6.60. The highest BCUT2D eigenvalue weighted by Gasteiger charge is 2.65. The van der Waals surface area contributed by atoms with Gasteiger partial charge in [0.15, 0.2) is 0 Å². The summed E-state index contributed by atoms with van der Waals surface area (Å²) in [4.78, 5) is 17.3. The van der Waals surface area contributed by atoms with Gasteiger partial charge in [-0.2, -0.15) is 10.1 Å². The third-order valence-electron chi connectivity index (χ3n) is 8.76. The van der Waals surface area contributed by atoms with E-state index in [1.807, 2.05) is 4.90 Å². The van der Waals surface area contributed by atoms with Crippen LogP contribution in [0.2, 0.25) is 0 Å².